The molecule has 1 atom stereocenters. The van der Waals surface area contributed by atoms with Gasteiger partial charge in [0.25, 0.3) is 5.91 Å². The maximum Gasteiger partial charge on any atom is 0.325 e. The van der Waals surface area contributed by atoms with Gasteiger partial charge in [0.1, 0.15) is 5.54 Å². The van der Waals surface area contributed by atoms with Crippen molar-refractivity contribution >= 4 is 17.7 Å². The summed E-state index contributed by atoms with van der Waals surface area (Å²) in [6.45, 7) is 3.51. The van der Waals surface area contributed by atoms with Gasteiger partial charge in [-0.3, -0.25) is 14.5 Å². The Morgan fingerprint density at radius 1 is 1.00 bits per heavy atom. The number of amides is 3. The zero-order valence-corrected chi connectivity index (χ0v) is 15.7. The first-order valence-corrected chi connectivity index (χ1v) is 9.13. The molecular weight excluding hydrogens is 340 g/mol. The zero-order chi connectivity index (χ0) is 19.4. The molecule has 5 nitrogen and oxygen atoms in total. The minimum Gasteiger partial charge on any atom is -0.323 e. The highest BCUT2D eigenvalue weighted by Crippen LogP contribution is 2.23. The maximum absolute atomic E-state index is 12.8. The van der Waals surface area contributed by atoms with E-state index in [2.05, 4.69) is 5.32 Å². The SMILES string of the molecule is Cc1ccc(CC(=O)CN2C(=O)NC(C)(CCc3ccccc3)C2=O)cc1. The number of carbonyl (C=O) groups excluding carboxylic acids is 3. The average Bonchev–Trinajstić information content (AvgIpc) is 2.86. The third-order valence-corrected chi connectivity index (χ3v) is 4.96. The van der Waals surface area contributed by atoms with Crippen LogP contribution in [0.15, 0.2) is 54.6 Å². The number of imide groups is 1. The van der Waals surface area contributed by atoms with E-state index >= 15 is 0 Å². The van der Waals surface area contributed by atoms with E-state index < -0.39 is 11.6 Å². The van der Waals surface area contributed by atoms with Crippen molar-refractivity contribution in [3.05, 3.63) is 71.3 Å². The van der Waals surface area contributed by atoms with Gasteiger partial charge in [-0.25, -0.2) is 4.79 Å². The van der Waals surface area contributed by atoms with Crippen LogP contribution in [0.2, 0.25) is 0 Å². The van der Waals surface area contributed by atoms with Gasteiger partial charge in [-0.1, -0.05) is 60.2 Å². The Labute approximate surface area is 159 Å². The molecule has 1 unspecified atom stereocenters. The van der Waals surface area contributed by atoms with Gasteiger partial charge in [-0.15, -0.1) is 0 Å². The highest BCUT2D eigenvalue weighted by Gasteiger charge is 2.47. The maximum atomic E-state index is 12.8. The van der Waals surface area contributed by atoms with Crippen LogP contribution in [0.25, 0.3) is 0 Å². The van der Waals surface area contributed by atoms with Crippen LogP contribution >= 0.6 is 0 Å². The Kier molecular flexibility index (Phi) is 5.40. The lowest BCUT2D eigenvalue weighted by molar-refractivity contribution is -0.134. The molecule has 140 valence electrons. The fraction of sp³-hybridized carbons (Fsp3) is 0.318. The van der Waals surface area contributed by atoms with E-state index in [-0.39, 0.29) is 24.7 Å². The summed E-state index contributed by atoms with van der Waals surface area (Å²) in [5.74, 6) is -0.490. The van der Waals surface area contributed by atoms with Gasteiger partial charge < -0.3 is 5.32 Å². The normalized spacial score (nSPS) is 19.3. The third kappa shape index (κ3) is 4.42. The fourth-order valence-corrected chi connectivity index (χ4v) is 3.26. The lowest BCUT2D eigenvalue weighted by Gasteiger charge is -2.21. The van der Waals surface area contributed by atoms with Crippen LogP contribution in [0.1, 0.15) is 30.0 Å². The molecule has 5 heteroatoms. The van der Waals surface area contributed by atoms with Crippen molar-refractivity contribution < 1.29 is 14.4 Å². The molecule has 27 heavy (non-hydrogen) atoms. The Hall–Kier alpha value is -2.95. The summed E-state index contributed by atoms with van der Waals surface area (Å²) in [5, 5.41) is 2.76. The molecule has 0 bridgehead atoms. The monoisotopic (exact) mass is 364 g/mol. The van der Waals surface area contributed by atoms with Crippen molar-refractivity contribution in [1.29, 1.82) is 0 Å². The first-order valence-electron chi connectivity index (χ1n) is 9.13. The number of aryl methyl sites for hydroxylation is 2. The van der Waals surface area contributed by atoms with E-state index in [4.69, 9.17) is 0 Å². The summed E-state index contributed by atoms with van der Waals surface area (Å²) < 4.78 is 0. The molecule has 1 N–H and O–H groups in total. The van der Waals surface area contributed by atoms with Crippen molar-refractivity contribution in [2.24, 2.45) is 0 Å². The molecular formula is C22H24N2O3. The molecule has 1 aliphatic heterocycles. The van der Waals surface area contributed by atoms with E-state index in [1.54, 1.807) is 6.92 Å². The van der Waals surface area contributed by atoms with Crippen molar-refractivity contribution in [3.63, 3.8) is 0 Å². The molecule has 0 radical (unpaired) electrons. The largest absolute Gasteiger partial charge is 0.325 e. The summed E-state index contributed by atoms with van der Waals surface area (Å²) in [6.07, 6.45) is 1.37. The molecule has 2 aromatic carbocycles. The second-order valence-electron chi connectivity index (χ2n) is 7.34. The lowest BCUT2D eigenvalue weighted by atomic mass is 9.93. The number of urea groups is 1. The number of benzene rings is 2. The molecule has 0 aliphatic carbocycles. The van der Waals surface area contributed by atoms with Gasteiger partial charge >= 0.3 is 6.03 Å². The minimum atomic E-state index is -0.975. The number of hydrogen-bond acceptors (Lipinski definition) is 3. The van der Waals surface area contributed by atoms with Crippen molar-refractivity contribution in [1.82, 2.24) is 10.2 Å². The third-order valence-electron chi connectivity index (χ3n) is 4.96. The summed E-state index contributed by atoms with van der Waals surface area (Å²) in [7, 11) is 0. The van der Waals surface area contributed by atoms with Gasteiger partial charge in [0.2, 0.25) is 0 Å². The molecule has 1 aliphatic rings. The van der Waals surface area contributed by atoms with Gasteiger partial charge in [0.05, 0.1) is 6.54 Å². The quantitative estimate of drug-likeness (QED) is 0.768. The Balaban J connectivity index is 1.61. The number of ketones is 1. The highest BCUT2D eigenvalue weighted by molar-refractivity contribution is 6.09. The Morgan fingerprint density at radius 3 is 2.33 bits per heavy atom. The molecule has 3 amide bonds. The van der Waals surface area contributed by atoms with Crippen LogP contribution < -0.4 is 5.32 Å². The summed E-state index contributed by atoms with van der Waals surface area (Å²) in [5.41, 5.74) is 2.13. The molecule has 1 fully saturated rings. The van der Waals surface area contributed by atoms with E-state index in [0.717, 1.165) is 21.6 Å². The van der Waals surface area contributed by atoms with E-state index in [1.165, 1.54) is 0 Å². The predicted octanol–water partition coefficient (Wildman–Crippen LogP) is 3.05. The minimum absolute atomic E-state index is 0.158. The standard InChI is InChI=1S/C22H24N2O3/c1-16-8-10-18(11-9-16)14-19(25)15-24-20(26)22(2,23-21(24)27)13-12-17-6-4-3-5-7-17/h3-11H,12-15H2,1-2H3,(H,23,27). The molecule has 0 spiro atoms. The van der Waals surface area contributed by atoms with Gasteiger partial charge in [-0.2, -0.15) is 0 Å². The number of carbonyl (C=O) groups is 3. The molecule has 1 saturated heterocycles. The molecule has 2 aromatic rings. The molecule has 1 heterocycles. The smallest absolute Gasteiger partial charge is 0.323 e. The number of rotatable bonds is 7. The Morgan fingerprint density at radius 2 is 1.67 bits per heavy atom. The summed E-state index contributed by atoms with van der Waals surface area (Å²) in [6, 6.07) is 17.0. The van der Waals surface area contributed by atoms with Crippen LogP contribution in [0.4, 0.5) is 4.79 Å². The molecule has 3 rings (SSSR count). The van der Waals surface area contributed by atoms with E-state index in [9.17, 15) is 14.4 Å². The predicted molar refractivity (Wildman–Crippen MR) is 103 cm³/mol. The van der Waals surface area contributed by atoms with E-state index in [0.29, 0.717) is 12.8 Å². The van der Waals surface area contributed by atoms with E-state index in [1.807, 2.05) is 61.5 Å². The zero-order valence-electron chi connectivity index (χ0n) is 15.7. The summed E-state index contributed by atoms with van der Waals surface area (Å²) in [4.78, 5) is 38.5. The second kappa shape index (κ2) is 7.74. The number of nitrogens with zero attached hydrogens (tertiary/aromatic N) is 1. The van der Waals surface area contributed by atoms with Crippen molar-refractivity contribution in [2.75, 3.05) is 6.54 Å². The van der Waals surface area contributed by atoms with Crippen LogP contribution in [0.3, 0.4) is 0 Å². The Bertz CT molecular complexity index is 846. The number of nitrogens with one attached hydrogen (secondary N) is 1. The van der Waals surface area contributed by atoms with Crippen molar-refractivity contribution in [2.45, 2.75) is 38.6 Å². The van der Waals surface area contributed by atoms with Crippen LogP contribution in [0.5, 0.6) is 0 Å². The van der Waals surface area contributed by atoms with Crippen LogP contribution in [0, 0.1) is 6.92 Å². The van der Waals surface area contributed by atoms with Gasteiger partial charge in [0, 0.05) is 6.42 Å². The topological polar surface area (TPSA) is 66.5 Å². The van der Waals surface area contributed by atoms with Crippen molar-refractivity contribution in [3.8, 4) is 0 Å². The highest BCUT2D eigenvalue weighted by atomic mass is 16.2. The average molecular weight is 364 g/mol. The van der Waals surface area contributed by atoms with Gasteiger partial charge in [0.15, 0.2) is 5.78 Å². The lowest BCUT2D eigenvalue weighted by Crippen LogP contribution is -2.44. The molecule has 0 saturated carbocycles. The summed E-state index contributed by atoms with van der Waals surface area (Å²) >= 11 is 0. The first kappa shape index (κ1) is 18.8. The number of hydrogen-bond donors (Lipinski definition) is 1. The first-order chi connectivity index (χ1) is 12.9. The number of Topliss-reactive ketones (excluding diaryl/α,β-unsaturated/α-hetero) is 1. The fourth-order valence-electron chi connectivity index (χ4n) is 3.26. The second-order valence-corrected chi connectivity index (χ2v) is 7.34. The van der Waals surface area contributed by atoms with Crippen LogP contribution in [-0.4, -0.2) is 34.7 Å². The van der Waals surface area contributed by atoms with Gasteiger partial charge in [-0.05, 0) is 37.8 Å². The van der Waals surface area contributed by atoms with Crippen LogP contribution in [-0.2, 0) is 22.4 Å². The molecule has 0 aromatic heterocycles.